The van der Waals surface area contributed by atoms with Gasteiger partial charge in [0.1, 0.15) is 0 Å². The quantitative estimate of drug-likeness (QED) is 0.363. The molecule has 166 valence electrons. The van der Waals surface area contributed by atoms with E-state index < -0.39 is 5.97 Å². The van der Waals surface area contributed by atoms with Gasteiger partial charge in [0.15, 0.2) is 23.1 Å². The maximum absolute atomic E-state index is 13.2. The summed E-state index contributed by atoms with van der Waals surface area (Å²) in [5.74, 6) is 0.371. The number of hydrogen-bond donors (Lipinski definition) is 0. The number of fused-ring (bicyclic) bond motifs is 3. The van der Waals surface area contributed by atoms with Crippen LogP contribution in [0.4, 0.5) is 0 Å². The first-order valence-electron chi connectivity index (χ1n) is 9.92. The van der Waals surface area contributed by atoms with Crippen LogP contribution >= 0.6 is 27.3 Å². The molecular formula is C23H21BrN2O5S. The molecule has 0 aliphatic heterocycles. The van der Waals surface area contributed by atoms with Crippen LogP contribution < -0.4 is 19.6 Å². The van der Waals surface area contributed by atoms with Crippen LogP contribution in [-0.4, -0.2) is 35.7 Å². The minimum atomic E-state index is -0.461. The topological polar surface area (TPSA) is 79.1 Å². The Labute approximate surface area is 196 Å². The minimum Gasteiger partial charge on any atom is -0.493 e. The number of ether oxygens (including phenoxy) is 3. The Morgan fingerprint density at radius 2 is 1.94 bits per heavy atom. The average molecular weight is 517 g/mol. The van der Waals surface area contributed by atoms with Gasteiger partial charge in [0.2, 0.25) is 0 Å². The van der Waals surface area contributed by atoms with E-state index in [9.17, 15) is 9.59 Å². The molecule has 9 heteroatoms. The first kappa shape index (κ1) is 22.3. The fourth-order valence-corrected chi connectivity index (χ4v) is 4.75. The summed E-state index contributed by atoms with van der Waals surface area (Å²) < 4.78 is 18.7. The summed E-state index contributed by atoms with van der Waals surface area (Å²) in [6, 6.07) is 7.45. The molecule has 0 saturated heterocycles. The van der Waals surface area contributed by atoms with Gasteiger partial charge in [0, 0.05) is 4.47 Å². The Balaban J connectivity index is 1.76. The van der Waals surface area contributed by atoms with E-state index in [4.69, 9.17) is 14.2 Å². The summed E-state index contributed by atoms with van der Waals surface area (Å²) >= 11 is 4.85. The molecule has 0 bridgehead atoms. The van der Waals surface area contributed by atoms with E-state index >= 15 is 0 Å². The molecule has 0 aliphatic carbocycles. The van der Waals surface area contributed by atoms with Crippen molar-refractivity contribution < 1.29 is 19.0 Å². The number of methoxy groups -OCH3 is 1. The molecular weight excluding hydrogens is 496 g/mol. The van der Waals surface area contributed by atoms with Crippen LogP contribution in [0.25, 0.3) is 22.1 Å². The molecule has 2 aromatic heterocycles. The predicted molar refractivity (Wildman–Crippen MR) is 128 cm³/mol. The predicted octanol–water partition coefficient (Wildman–Crippen LogP) is 3.79. The van der Waals surface area contributed by atoms with Crippen LogP contribution in [0.5, 0.6) is 11.5 Å². The van der Waals surface area contributed by atoms with Crippen molar-refractivity contribution in [1.82, 2.24) is 9.38 Å². The SMILES string of the molecule is CCOC(=O)COc1cc(Br)c(/C=c2\sc3nc4cc(C)c(C)cc4n3c2=O)cc1OC. The maximum Gasteiger partial charge on any atom is 0.344 e. The molecule has 0 fully saturated rings. The number of carbonyl (C=O) groups excluding carboxylic acids is 1. The summed E-state index contributed by atoms with van der Waals surface area (Å²) in [6.07, 6.45) is 1.79. The van der Waals surface area contributed by atoms with Crippen LogP contribution in [0.2, 0.25) is 0 Å². The van der Waals surface area contributed by atoms with Gasteiger partial charge in [-0.05, 0) is 67.8 Å². The number of thiazole rings is 1. The van der Waals surface area contributed by atoms with E-state index in [0.29, 0.717) is 25.5 Å². The Morgan fingerprint density at radius 3 is 2.66 bits per heavy atom. The highest BCUT2D eigenvalue weighted by Crippen LogP contribution is 2.34. The maximum atomic E-state index is 13.2. The number of nitrogens with zero attached hydrogens (tertiary/aromatic N) is 2. The highest BCUT2D eigenvalue weighted by molar-refractivity contribution is 9.10. The first-order valence-corrected chi connectivity index (χ1v) is 11.5. The lowest BCUT2D eigenvalue weighted by Crippen LogP contribution is -2.22. The molecule has 32 heavy (non-hydrogen) atoms. The molecule has 0 spiro atoms. The largest absolute Gasteiger partial charge is 0.493 e. The summed E-state index contributed by atoms with van der Waals surface area (Å²) in [6.45, 7) is 5.85. The van der Waals surface area contributed by atoms with E-state index in [-0.39, 0.29) is 18.8 Å². The summed E-state index contributed by atoms with van der Waals surface area (Å²) in [4.78, 5) is 30.0. The number of imidazole rings is 1. The van der Waals surface area contributed by atoms with Crippen LogP contribution in [0.15, 0.2) is 33.5 Å². The standard InChI is InChI=1S/C23H21BrN2O5S/c1-5-30-21(27)11-31-19-10-15(24)14(8-18(19)29-4)9-20-22(28)26-17-7-13(3)12(2)6-16(17)25-23(26)32-20/h6-10H,5,11H2,1-4H3/b20-9-. The Morgan fingerprint density at radius 1 is 1.19 bits per heavy atom. The number of esters is 1. The number of aryl methyl sites for hydroxylation is 2. The third-order valence-corrected chi connectivity index (χ3v) is 6.73. The van der Waals surface area contributed by atoms with Crippen LogP contribution in [0.1, 0.15) is 23.6 Å². The normalized spacial score (nSPS) is 12.0. The molecule has 4 aromatic rings. The molecule has 2 heterocycles. The Hall–Kier alpha value is -2.91. The van der Waals surface area contributed by atoms with E-state index in [0.717, 1.165) is 27.7 Å². The summed E-state index contributed by atoms with van der Waals surface area (Å²) in [5, 5.41) is 0. The highest BCUT2D eigenvalue weighted by Gasteiger charge is 2.15. The van der Waals surface area contributed by atoms with E-state index in [1.807, 2.05) is 26.0 Å². The third kappa shape index (κ3) is 4.10. The van der Waals surface area contributed by atoms with Gasteiger partial charge < -0.3 is 14.2 Å². The van der Waals surface area contributed by atoms with Crippen molar-refractivity contribution in [1.29, 1.82) is 0 Å². The van der Waals surface area contributed by atoms with Gasteiger partial charge in [0.25, 0.3) is 5.56 Å². The zero-order chi connectivity index (χ0) is 23.0. The van der Waals surface area contributed by atoms with E-state index in [1.54, 1.807) is 29.5 Å². The Bertz CT molecular complexity index is 1460. The van der Waals surface area contributed by atoms with Gasteiger partial charge in [-0.1, -0.05) is 27.3 Å². The van der Waals surface area contributed by atoms with Gasteiger partial charge in [-0.2, -0.15) is 0 Å². The molecule has 0 radical (unpaired) electrons. The average Bonchev–Trinajstić information content (AvgIpc) is 3.24. The number of rotatable bonds is 6. The van der Waals surface area contributed by atoms with Crippen LogP contribution in [-0.2, 0) is 9.53 Å². The number of hydrogen-bond acceptors (Lipinski definition) is 7. The fraction of sp³-hybridized carbons (Fsp3) is 0.261. The second-order valence-corrected chi connectivity index (χ2v) is 9.05. The van der Waals surface area contributed by atoms with Crippen LogP contribution in [0.3, 0.4) is 0 Å². The third-order valence-electron chi connectivity index (χ3n) is 5.07. The lowest BCUT2D eigenvalue weighted by Gasteiger charge is -2.12. The fourth-order valence-electron chi connectivity index (χ4n) is 3.33. The zero-order valence-corrected chi connectivity index (χ0v) is 20.4. The molecule has 0 amide bonds. The molecule has 7 nitrogen and oxygen atoms in total. The monoisotopic (exact) mass is 516 g/mol. The van der Waals surface area contributed by atoms with Crippen molar-refractivity contribution in [2.24, 2.45) is 0 Å². The second-order valence-electron chi connectivity index (χ2n) is 7.19. The highest BCUT2D eigenvalue weighted by atomic mass is 79.9. The van der Waals surface area contributed by atoms with Gasteiger partial charge in [-0.25, -0.2) is 14.2 Å². The molecule has 0 saturated carbocycles. The van der Waals surface area contributed by atoms with Gasteiger partial charge in [0.05, 0.1) is 29.3 Å². The lowest BCUT2D eigenvalue weighted by molar-refractivity contribution is -0.145. The number of carbonyl (C=O) groups is 1. The van der Waals surface area contributed by atoms with Gasteiger partial charge in [-0.3, -0.25) is 4.79 Å². The van der Waals surface area contributed by atoms with Crippen molar-refractivity contribution in [2.45, 2.75) is 20.8 Å². The molecule has 0 N–H and O–H groups in total. The van der Waals surface area contributed by atoms with Crippen molar-refractivity contribution in [2.75, 3.05) is 20.3 Å². The lowest BCUT2D eigenvalue weighted by atomic mass is 10.1. The van der Waals surface area contributed by atoms with Gasteiger partial charge in [-0.15, -0.1) is 0 Å². The molecule has 0 aliphatic rings. The number of halogens is 1. The molecule has 4 rings (SSSR count). The number of aromatic nitrogens is 2. The summed E-state index contributed by atoms with van der Waals surface area (Å²) in [7, 11) is 1.51. The zero-order valence-electron chi connectivity index (χ0n) is 18.0. The Kier molecular flexibility index (Phi) is 6.21. The second kappa shape index (κ2) is 8.91. The molecule has 0 unspecified atom stereocenters. The summed E-state index contributed by atoms with van der Waals surface area (Å²) in [5.41, 5.74) is 4.50. The molecule has 2 aromatic carbocycles. The van der Waals surface area contributed by atoms with Crippen molar-refractivity contribution >= 4 is 55.3 Å². The molecule has 0 atom stereocenters. The number of benzene rings is 2. The van der Waals surface area contributed by atoms with Crippen molar-refractivity contribution in [3.05, 3.63) is 60.3 Å². The van der Waals surface area contributed by atoms with Crippen molar-refractivity contribution in [3.8, 4) is 11.5 Å². The van der Waals surface area contributed by atoms with Crippen LogP contribution in [0, 0.1) is 13.8 Å². The van der Waals surface area contributed by atoms with E-state index in [2.05, 4.69) is 20.9 Å². The first-order chi connectivity index (χ1) is 15.3. The van der Waals surface area contributed by atoms with E-state index in [1.165, 1.54) is 18.4 Å². The van der Waals surface area contributed by atoms with Crippen molar-refractivity contribution in [3.63, 3.8) is 0 Å². The van der Waals surface area contributed by atoms with Gasteiger partial charge >= 0.3 is 5.97 Å². The minimum absolute atomic E-state index is 0.121. The smallest absolute Gasteiger partial charge is 0.344 e.